The van der Waals surface area contributed by atoms with Crippen molar-refractivity contribution in [1.82, 2.24) is 0 Å². The molecule has 0 heterocycles. The Morgan fingerprint density at radius 3 is 2.36 bits per heavy atom. The van der Waals surface area contributed by atoms with E-state index in [1.54, 1.807) is 36.4 Å². The maximum Gasteiger partial charge on any atom is 0.266 e. The molecule has 0 aliphatic carbocycles. The van der Waals surface area contributed by atoms with E-state index in [4.69, 9.17) is 55.9 Å². The fourth-order valence-corrected chi connectivity index (χ4v) is 3.71. The molecular formula is C25H17Cl4N3O4. The minimum atomic E-state index is -0.630. The van der Waals surface area contributed by atoms with Gasteiger partial charge in [0.25, 0.3) is 11.8 Å². The molecular weight excluding hydrogens is 548 g/mol. The zero-order valence-electron chi connectivity index (χ0n) is 18.6. The number of ether oxygens (including phenoxy) is 2. The first-order chi connectivity index (χ1) is 17.2. The first-order valence-corrected chi connectivity index (χ1v) is 11.6. The molecule has 0 spiro atoms. The second kappa shape index (κ2) is 12.5. The van der Waals surface area contributed by atoms with Crippen molar-refractivity contribution in [3.8, 4) is 17.6 Å². The molecule has 2 N–H and O–H groups in total. The average Bonchev–Trinajstić information content (AvgIpc) is 2.83. The normalized spacial score (nSPS) is 10.8. The molecule has 184 valence electrons. The Morgan fingerprint density at radius 2 is 1.69 bits per heavy atom. The van der Waals surface area contributed by atoms with Crippen molar-refractivity contribution < 1.29 is 19.1 Å². The van der Waals surface area contributed by atoms with Crippen LogP contribution in [0.3, 0.4) is 0 Å². The number of hydrogen-bond acceptors (Lipinski definition) is 5. The van der Waals surface area contributed by atoms with Crippen LogP contribution in [0.4, 0.5) is 11.4 Å². The molecule has 0 bridgehead atoms. The van der Waals surface area contributed by atoms with Gasteiger partial charge in [0.15, 0.2) is 18.1 Å². The molecule has 3 rings (SSSR count). The lowest BCUT2D eigenvalue weighted by molar-refractivity contribution is -0.118. The van der Waals surface area contributed by atoms with Crippen LogP contribution >= 0.6 is 46.4 Å². The second-order valence-electron chi connectivity index (χ2n) is 7.13. The summed E-state index contributed by atoms with van der Waals surface area (Å²) >= 11 is 24.1. The molecule has 11 heteroatoms. The van der Waals surface area contributed by atoms with Gasteiger partial charge in [-0.25, -0.2) is 0 Å². The molecule has 0 saturated carbocycles. The highest BCUT2D eigenvalue weighted by molar-refractivity contribution is 6.42. The molecule has 0 unspecified atom stereocenters. The van der Waals surface area contributed by atoms with Gasteiger partial charge in [0.1, 0.15) is 11.6 Å². The molecule has 7 nitrogen and oxygen atoms in total. The number of nitriles is 1. The molecule has 0 fully saturated rings. The molecule has 2 amide bonds. The summed E-state index contributed by atoms with van der Waals surface area (Å²) in [5, 5.41) is 15.9. The van der Waals surface area contributed by atoms with Gasteiger partial charge in [-0.15, -0.1) is 0 Å². The third-order valence-electron chi connectivity index (χ3n) is 4.56. The van der Waals surface area contributed by atoms with E-state index >= 15 is 0 Å². The van der Waals surface area contributed by atoms with Crippen LogP contribution in [0, 0.1) is 11.3 Å². The van der Waals surface area contributed by atoms with Crippen LogP contribution in [0.1, 0.15) is 5.56 Å². The van der Waals surface area contributed by atoms with E-state index in [0.29, 0.717) is 32.0 Å². The highest BCUT2D eigenvalue weighted by Crippen LogP contribution is 2.37. The number of carbonyl (C=O) groups is 2. The Bertz CT molecular complexity index is 1390. The van der Waals surface area contributed by atoms with Gasteiger partial charge in [-0.05, 0) is 60.2 Å². The fourth-order valence-electron chi connectivity index (χ4n) is 2.95. The van der Waals surface area contributed by atoms with Crippen LogP contribution in [0.25, 0.3) is 6.08 Å². The van der Waals surface area contributed by atoms with E-state index in [1.807, 2.05) is 6.07 Å². The SMILES string of the molecule is COc1cc(/C=C(/C#N)C(=O)Nc2cccc(Cl)c2)cc(Cl)c1OCC(=O)Nc1ccc(Cl)c(Cl)c1. The smallest absolute Gasteiger partial charge is 0.266 e. The van der Waals surface area contributed by atoms with Gasteiger partial charge >= 0.3 is 0 Å². The largest absolute Gasteiger partial charge is 0.493 e. The number of rotatable bonds is 8. The van der Waals surface area contributed by atoms with Gasteiger partial charge in [-0.3, -0.25) is 9.59 Å². The van der Waals surface area contributed by atoms with Crippen molar-refractivity contribution in [3.05, 3.63) is 85.8 Å². The minimum Gasteiger partial charge on any atom is -0.493 e. The van der Waals surface area contributed by atoms with Crippen LogP contribution in [-0.4, -0.2) is 25.5 Å². The van der Waals surface area contributed by atoms with Crippen LogP contribution in [-0.2, 0) is 9.59 Å². The molecule has 3 aromatic carbocycles. The topological polar surface area (TPSA) is 100 Å². The van der Waals surface area contributed by atoms with Gasteiger partial charge in [-0.1, -0.05) is 52.5 Å². The van der Waals surface area contributed by atoms with E-state index in [0.717, 1.165) is 0 Å². The van der Waals surface area contributed by atoms with E-state index in [-0.39, 0.29) is 28.7 Å². The highest BCUT2D eigenvalue weighted by Gasteiger charge is 2.16. The van der Waals surface area contributed by atoms with E-state index in [1.165, 1.54) is 31.4 Å². The van der Waals surface area contributed by atoms with Crippen LogP contribution in [0.15, 0.2) is 60.2 Å². The number of benzene rings is 3. The lowest BCUT2D eigenvalue weighted by Gasteiger charge is -2.14. The van der Waals surface area contributed by atoms with Gasteiger partial charge in [0.2, 0.25) is 0 Å². The van der Waals surface area contributed by atoms with Crippen molar-refractivity contribution in [2.24, 2.45) is 0 Å². The average molecular weight is 565 g/mol. The summed E-state index contributed by atoms with van der Waals surface area (Å²) in [5.41, 5.74) is 1.11. The van der Waals surface area contributed by atoms with Crippen molar-refractivity contribution in [2.45, 2.75) is 0 Å². The number of methoxy groups -OCH3 is 1. The number of halogens is 4. The second-order valence-corrected chi connectivity index (χ2v) is 8.79. The third kappa shape index (κ3) is 7.30. The molecule has 36 heavy (non-hydrogen) atoms. The van der Waals surface area contributed by atoms with Gasteiger partial charge in [-0.2, -0.15) is 5.26 Å². The van der Waals surface area contributed by atoms with Gasteiger partial charge in [0, 0.05) is 16.4 Å². The Balaban J connectivity index is 1.73. The van der Waals surface area contributed by atoms with Gasteiger partial charge < -0.3 is 20.1 Å². The molecule has 0 aliphatic heterocycles. The summed E-state index contributed by atoms with van der Waals surface area (Å²) in [5.74, 6) is -0.791. The summed E-state index contributed by atoms with van der Waals surface area (Å²) in [6.45, 7) is -0.378. The number of amides is 2. The predicted octanol–water partition coefficient (Wildman–Crippen LogP) is 6.87. The van der Waals surface area contributed by atoms with Gasteiger partial charge in [0.05, 0.1) is 22.2 Å². The molecule has 3 aromatic rings. The van der Waals surface area contributed by atoms with Crippen LogP contribution < -0.4 is 20.1 Å². The Kier molecular flexibility index (Phi) is 9.45. The summed E-state index contributed by atoms with van der Waals surface area (Å²) < 4.78 is 10.9. The van der Waals surface area contributed by atoms with E-state index in [9.17, 15) is 14.9 Å². The molecule has 0 radical (unpaired) electrons. The lowest BCUT2D eigenvalue weighted by Crippen LogP contribution is -2.20. The van der Waals surface area contributed by atoms with Crippen molar-refractivity contribution in [3.63, 3.8) is 0 Å². The molecule has 0 atom stereocenters. The summed E-state index contributed by atoms with van der Waals surface area (Å²) in [6, 6.07) is 16.0. The van der Waals surface area contributed by atoms with E-state index in [2.05, 4.69) is 10.6 Å². The predicted molar refractivity (Wildman–Crippen MR) is 142 cm³/mol. The third-order valence-corrected chi connectivity index (χ3v) is 5.82. The number of nitrogens with zero attached hydrogens (tertiary/aromatic N) is 1. The maximum absolute atomic E-state index is 12.5. The monoisotopic (exact) mass is 563 g/mol. The summed E-state index contributed by atoms with van der Waals surface area (Å²) in [6.07, 6.45) is 1.34. The van der Waals surface area contributed by atoms with Crippen molar-refractivity contribution in [1.29, 1.82) is 5.26 Å². The fraction of sp³-hybridized carbons (Fsp3) is 0.0800. The molecule has 0 aromatic heterocycles. The Morgan fingerprint density at radius 1 is 0.944 bits per heavy atom. The number of anilines is 2. The van der Waals surface area contributed by atoms with E-state index < -0.39 is 11.8 Å². The Labute approximate surface area is 227 Å². The minimum absolute atomic E-state index is 0.107. The first kappa shape index (κ1) is 27.2. The van der Waals surface area contributed by atoms with Crippen molar-refractivity contribution >= 4 is 75.7 Å². The zero-order valence-corrected chi connectivity index (χ0v) is 21.6. The maximum atomic E-state index is 12.5. The number of nitrogens with one attached hydrogen (secondary N) is 2. The summed E-state index contributed by atoms with van der Waals surface area (Å²) in [4.78, 5) is 24.8. The first-order valence-electron chi connectivity index (χ1n) is 10.1. The van der Waals surface area contributed by atoms with Crippen molar-refractivity contribution in [2.75, 3.05) is 24.4 Å². The number of hydrogen-bond donors (Lipinski definition) is 2. The van der Waals surface area contributed by atoms with Crippen LogP contribution in [0.2, 0.25) is 20.1 Å². The van der Waals surface area contributed by atoms with Crippen LogP contribution in [0.5, 0.6) is 11.5 Å². The number of carbonyl (C=O) groups excluding carboxylic acids is 2. The summed E-state index contributed by atoms with van der Waals surface area (Å²) in [7, 11) is 1.39. The highest BCUT2D eigenvalue weighted by atomic mass is 35.5. The standard InChI is InChI=1S/C25H17Cl4N3O4/c1-35-22-9-14(7-15(12-30)25(34)32-17-4-2-3-16(26)10-17)8-21(29)24(22)36-13-23(33)31-18-5-6-19(27)20(28)11-18/h2-11H,13H2,1H3,(H,31,33)(H,32,34)/b15-7-. The zero-order chi connectivity index (χ0) is 26.2. The Hall–Kier alpha value is -3.41. The molecule has 0 aliphatic rings. The molecule has 0 saturated heterocycles. The lowest BCUT2D eigenvalue weighted by atomic mass is 10.1. The quantitative estimate of drug-likeness (QED) is 0.229.